The highest BCUT2D eigenvalue weighted by molar-refractivity contribution is 5.90. The van der Waals surface area contributed by atoms with Crippen LogP contribution in [0.2, 0.25) is 0 Å². The van der Waals surface area contributed by atoms with Gasteiger partial charge in [0.1, 0.15) is 23.5 Å². The molecular formula is C20H26FN5O. The Balaban J connectivity index is 1.56. The number of alkyl halides is 1. The first-order chi connectivity index (χ1) is 12.9. The molecule has 0 aromatic carbocycles. The molecule has 6 nitrogen and oxygen atoms in total. The van der Waals surface area contributed by atoms with E-state index in [1.54, 1.807) is 6.92 Å². The summed E-state index contributed by atoms with van der Waals surface area (Å²) < 4.78 is 14.0. The van der Waals surface area contributed by atoms with Gasteiger partial charge in [-0.15, -0.1) is 0 Å². The van der Waals surface area contributed by atoms with Gasteiger partial charge in [-0.05, 0) is 57.1 Å². The molecule has 1 aliphatic heterocycles. The van der Waals surface area contributed by atoms with Crippen LogP contribution >= 0.6 is 0 Å². The molecule has 2 aromatic heterocycles. The van der Waals surface area contributed by atoms with Crippen LogP contribution in [-0.2, 0) is 11.2 Å². The molecular weight excluding hydrogens is 345 g/mol. The van der Waals surface area contributed by atoms with Gasteiger partial charge in [0, 0.05) is 24.8 Å². The average molecular weight is 371 g/mol. The van der Waals surface area contributed by atoms with Crippen LogP contribution in [0.15, 0.2) is 25.2 Å². The summed E-state index contributed by atoms with van der Waals surface area (Å²) in [6.45, 7) is 7.94. The number of aromatic amines is 1. The summed E-state index contributed by atoms with van der Waals surface area (Å²) in [4.78, 5) is 25.9. The van der Waals surface area contributed by atoms with E-state index in [2.05, 4.69) is 33.8 Å². The predicted molar refractivity (Wildman–Crippen MR) is 103 cm³/mol. The molecule has 1 aliphatic carbocycles. The van der Waals surface area contributed by atoms with Gasteiger partial charge in [0.15, 0.2) is 0 Å². The Bertz CT molecular complexity index is 876. The van der Waals surface area contributed by atoms with Crippen molar-refractivity contribution in [1.82, 2.24) is 19.9 Å². The van der Waals surface area contributed by atoms with Crippen LogP contribution in [0.1, 0.15) is 38.7 Å². The van der Waals surface area contributed by atoms with E-state index in [0.717, 1.165) is 35.3 Å². The van der Waals surface area contributed by atoms with Crippen molar-refractivity contribution in [2.24, 2.45) is 5.92 Å². The zero-order valence-corrected chi connectivity index (χ0v) is 15.8. The number of H-pyrrole nitrogens is 1. The molecule has 0 bridgehead atoms. The maximum Gasteiger partial charge on any atom is 0.246 e. The van der Waals surface area contributed by atoms with Crippen LogP contribution in [0, 0.1) is 5.92 Å². The van der Waals surface area contributed by atoms with Crippen LogP contribution in [0.4, 0.5) is 10.2 Å². The lowest BCUT2D eigenvalue weighted by molar-refractivity contribution is -0.129. The number of nitrogens with zero attached hydrogens (tertiary/aromatic N) is 3. The maximum absolute atomic E-state index is 14.0. The largest absolute Gasteiger partial charge is 0.365 e. The Labute approximate surface area is 158 Å². The van der Waals surface area contributed by atoms with Crippen LogP contribution < -0.4 is 5.32 Å². The van der Waals surface area contributed by atoms with Crippen molar-refractivity contribution in [2.45, 2.75) is 57.3 Å². The molecule has 1 unspecified atom stereocenters. The van der Waals surface area contributed by atoms with E-state index in [1.165, 1.54) is 12.4 Å². The number of halogens is 1. The molecule has 1 saturated heterocycles. The summed E-state index contributed by atoms with van der Waals surface area (Å²) in [6, 6.07) is 0.317. The molecule has 3 heterocycles. The van der Waals surface area contributed by atoms with Crippen molar-refractivity contribution in [1.29, 1.82) is 0 Å². The van der Waals surface area contributed by atoms with E-state index in [9.17, 15) is 9.18 Å². The van der Waals surface area contributed by atoms with E-state index in [-0.39, 0.29) is 23.9 Å². The van der Waals surface area contributed by atoms with Gasteiger partial charge in [0.2, 0.25) is 5.91 Å². The Hall–Kier alpha value is -2.44. The Morgan fingerprint density at radius 3 is 3.00 bits per heavy atom. The van der Waals surface area contributed by atoms with E-state index >= 15 is 0 Å². The van der Waals surface area contributed by atoms with Crippen LogP contribution in [0.5, 0.6) is 0 Å². The number of hydrogen-bond donors (Lipinski definition) is 2. The molecule has 1 amide bonds. The van der Waals surface area contributed by atoms with Crippen molar-refractivity contribution in [3.63, 3.8) is 0 Å². The summed E-state index contributed by atoms with van der Waals surface area (Å²) >= 11 is 0. The van der Waals surface area contributed by atoms with E-state index in [1.807, 2.05) is 11.1 Å². The second-order valence-corrected chi connectivity index (χ2v) is 8.11. The standard InChI is InChI=1S/C20H26FN5O/c1-4-16(27)26-10-15(6-5-12(26)2)25-19-17-13(7-14-8-20(14,3)21)9-22-18(17)23-11-24-19/h4,9,11-12,14-15H,1,5-8,10H2,2-3H3,(H2,22,23,24,25)/t12-,14+,15+,20?/m0/s1. The van der Waals surface area contributed by atoms with Crippen LogP contribution in [-0.4, -0.2) is 50.1 Å². The number of carbonyl (C=O) groups is 1. The lowest BCUT2D eigenvalue weighted by atomic mass is 9.99. The fraction of sp³-hybridized carbons (Fsp3) is 0.550. The molecule has 7 heteroatoms. The first kappa shape index (κ1) is 17.9. The second kappa shape index (κ2) is 6.62. The molecule has 2 N–H and O–H groups in total. The number of likely N-dealkylation sites (tertiary alicyclic amines) is 1. The molecule has 0 spiro atoms. The van der Waals surface area contributed by atoms with Crippen molar-refractivity contribution >= 4 is 22.8 Å². The number of rotatable bonds is 5. The van der Waals surface area contributed by atoms with Gasteiger partial charge in [0.05, 0.1) is 5.39 Å². The number of hydrogen-bond acceptors (Lipinski definition) is 4. The lowest BCUT2D eigenvalue weighted by Crippen LogP contribution is -2.49. The summed E-state index contributed by atoms with van der Waals surface area (Å²) in [7, 11) is 0. The number of aromatic nitrogens is 3. The molecule has 27 heavy (non-hydrogen) atoms. The highest BCUT2D eigenvalue weighted by Crippen LogP contribution is 2.49. The van der Waals surface area contributed by atoms with Gasteiger partial charge in [0.25, 0.3) is 0 Å². The Morgan fingerprint density at radius 1 is 1.52 bits per heavy atom. The van der Waals surface area contributed by atoms with E-state index in [0.29, 0.717) is 19.4 Å². The molecule has 144 valence electrons. The molecule has 2 fully saturated rings. The van der Waals surface area contributed by atoms with Crippen molar-refractivity contribution in [3.05, 3.63) is 30.7 Å². The number of nitrogens with one attached hydrogen (secondary N) is 2. The number of amides is 1. The number of anilines is 1. The summed E-state index contributed by atoms with van der Waals surface area (Å²) in [5, 5.41) is 4.43. The molecule has 0 radical (unpaired) electrons. The third-order valence-corrected chi connectivity index (χ3v) is 6.04. The summed E-state index contributed by atoms with van der Waals surface area (Å²) in [5.74, 6) is 0.768. The third-order valence-electron chi connectivity index (χ3n) is 6.04. The van der Waals surface area contributed by atoms with Gasteiger partial charge in [-0.3, -0.25) is 4.79 Å². The number of fused-ring (bicyclic) bond motifs is 1. The van der Waals surface area contributed by atoms with Gasteiger partial charge >= 0.3 is 0 Å². The Kier molecular flexibility index (Phi) is 4.40. The molecule has 4 rings (SSSR count). The fourth-order valence-electron chi connectivity index (χ4n) is 4.11. The molecule has 4 atom stereocenters. The van der Waals surface area contributed by atoms with E-state index < -0.39 is 5.67 Å². The first-order valence-electron chi connectivity index (χ1n) is 9.58. The van der Waals surface area contributed by atoms with Gasteiger partial charge in [-0.1, -0.05) is 6.58 Å². The normalized spacial score (nSPS) is 30.3. The third kappa shape index (κ3) is 3.42. The molecule has 1 saturated carbocycles. The smallest absolute Gasteiger partial charge is 0.246 e. The van der Waals surface area contributed by atoms with Gasteiger partial charge < -0.3 is 15.2 Å². The van der Waals surface area contributed by atoms with Crippen molar-refractivity contribution < 1.29 is 9.18 Å². The molecule has 2 aromatic rings. The highest BCUT2D eigenvalue weighted by atomic mass is 19.1. The minimum Gasteiger partial charge on any atom is -0.365 e. The zero-order chi connectivity index (χ0) is 19.2. The van der Waals surface area contributed by atoms with Crippen molar-refractivity contribution in [3.8, 4) is 0 Å². The maximum atomic E-state index is 14.0. The SMILES string of the molecule is C=CC(=O)N1C[C@H](Nc2ncnc3[nH]cc(C[C@@H]4CC4(C)F)c23)CC[C@@H]1C. The fourth-order valence-corrected chi connectivity index (χ4v) is 4.11. The molecule has 2 aliphatic rings. The minimum absolute atomic E-state index is 0.0415. The predicted octanol–water partition coefficient (Wildman–Crippen LogP) is 3.23. The van der Waals surface area contributed by atoms with Crippen molar-refractivity contribution in [2.75, 3.05) is 11.9 Å². The monoisotopic (exact) mass is 371 g/mol. The zero-order valence-electron chi connectivity index (χ0n) is 15.8. The highest BCUT2D eigenvalue weighted by Gasteiger charge is 2.50. The van der Waals surface area contributed by atoms with Crippen LogP contribution in [0.3, 0.4) is 0 Å². The summed E-state index contributed by atoms with van der Waals surface area (Å²) in [6.07, 6.45) is 7.98. The number of carbonyl (C=O) groups excluding carboxylic acids is 1. The van der Waals surface area contributed by atoms with Crippen LogP contribution in [0.25, 0.3) is 11.0 Å². The topological polar surface area (TPSA) is 73.9 Å². The summed E-state index contributed by atoms with van der Waals surface area (Å²) in [5.41, 5.74) is 0.743. The minimum atomic E-state index is -1.06. The lowest BCUT2D eigenvalue weighted by Gasteiger charge is -2.38. The van der Waals surface area contributed by atoms with Gasteiger partial charge in [-0.2, -0.15) is 0 Å². The first-order valence-corrected chi connectivity index (χ1v) is 9.58. The average Bonchev–Trinajstić information content (AvgIpc) is 3.04. The van der Waals surface area contributed by atoms with E-state index in [4.69, 9.17) is 0 Å². The Morgan fingerprint density at radius 2 is 2.30 bits per heavy atom. The number of piperidine rings is 1. The second-order valence-electron chi connectivity index (χ2n) is 8.11. The quantitative estimate of drug-likeness (QED) is 0.792. The van der Waals surface area contributed by atoms with Gasteiger partial charge in [-0.25, -0.2) is 14.4 Å².